The maximum Gasteiger partial charge on any atom is 0.270 e. The van der Waals surface area contributed by atoms with Gasteiger partial charge in [0.05, 0.1) is 19.0 Å². The second-order valence-electron chi connectivity index (χ2n) is 6.11. The summed E-state index contributed by atoms with van der Waals surface area (Å²) in [6.07, 6.45) is 3.17. The van der Waals surface area contributed by atoms with Crippen LogP contribution in [0.3, 0.4) is 0 Å². The Morgan fingerprint density at radius 2 is 2.10 bits per heavy atom. The van der Waals surface area contributed by atoms with E-state index in [1.807, 2.05) is 12.1 Å². The van der Waals surface area contributed by atoms with Crippen molar-refractivity contribution < 1.29 is 9.47 Å². The van der Waals surface area contributed by atoms with Crippen LogP contribution in [0.5, 0.6) is 11.5 Å². The number of methoxy groups -OCH3 is 1. The van der Waals surface area contributed by atoms with Crippen LogP contribution >= 0.6 is 15.9 Å². The number of anilines is 1. The molecule has 156 valence electrons. The number of ether oxygens (including phenoxy) is 2. The second-order valence-corrected chi connectivity index (χ2v) is 6.96. The minimum Gasteiger partial charge on any atom is -0.493 e. The molecule has 2 aromatic carbocycles. The molecule has 0 aliphatic heterocycles. The molecule has 8 nitrogen and oxygen atoms in total. The number of benzene rings is 2. The fourth-order valence-electron chi connectivity index (χ4n) is 2.67. The van der Waals surface area contributed by atoms with Gasteiger partial charge in [0.1, 0.15) is 18.2 Å². The number of nitrogens with one attached hydrogen (secondary N) is 2. The van der Waals surface area contributed by atoms with Gasteiger partial charge in [-0.05, 0) is 28.1 Å². The van der Waals surface area contributed by atoms with Crippen molar-refractivity contribution in [2.75, 3.05) is 19.1 Å². The fraction of sp³-hybridized carbons (Fsp3) is 0.0909. The molecule has 1 heterocycles. The lowest BCUT2D eigenvalue weighted by molar-refractivity contribution is 0.326. The van der Waals surface area contributed by atoms with Crippen molar-refractivity contribution in [2.45, 2.75) is 0 Å². The van der Waals surface area contributed by atoms with Crippen LogP contribution in [0.15, 0.2) is 69.5 Å². The van der Waals surface area contributed by atoms with Gasteiger partial charge in [-0.3, -0.25) is 9.78 Å². The number of nitrogens with zero attached hydrogens (tertiary/aromatic N) is 3. The van der Waals surface area contributed by atoms with E-state index in [1.165, 1.54) is 6.21 Å². The molecule has 3 rings (SSSR count). The minimum atomic E-state index is -0.555. The van der Waals surface area contributed by atoms with Gasteiger partial charge in [-0.2, -0.15) is 10.4 Å². The van der Waals surface area contributed by atoms with Crippen LogP contribution in [-0.2, 0) is 0 Å². The molecule has 0 fully saturated rings. The van der Waals surface area contributed by atoms with Gasteiger partial charge in [-0.25, -0.2) is 10.4 Å². The third-order valence-electron chi connectivity index (χ3n) is 4.09. The molecular weight excluding hydrogens is 462 g/mol. The Labute approximate surface area is 187 Å². The van der Waals surface area contributed by atoms with E-state index in [0.717, 1.165) is 4.47 Å². The predicted molar refractivity (Wildman–Crippen MR) is 123 cm³/mol. The summed E-state index contributed by atoms with van der Waals surface area (Å²) < 4.78 is 11.6. The number of aromatic amines is 1. The SMILES string of the molecule is C=CCOc1cc(Br)c(C=NNc2nc(-c3ccccc3)c(C#N)c(=O)[nH]2)cc1OC. The molecule has 0 spiro atoms. The molecule has 0 aliphatic rings. The summed E-state index contributed by atoms with van der Waals surface area (Å²) in [7, 11) is 1.54. The van der Waals surface area contributed by atoms with Crippen LogP contribution in [0, 0.1) is 11.3 Å². The molecule has 0 bridgehead atoms. The Morgan fingerprint density at radius 3 is 2.77 bits per heavy atom. The van der Waals surface area contributed by atoms with E-state index in [-0.39, 0.29) is 17.2 Å². The molecule has 0 radical (unpaired) electrons. The summed E-state index contributed by atoms with van der Waals surface area (Å²) in [5.74, 6) is 1.20. The molecule has 0 unspecified atom stereocenters. The largest absolute Gasteiger partial charge is 0.493 e. The van der Waals surface area contributed by atoms with Gasteiger partial charge in [0.15, 0.2) is 11.5 Å². The maximum atomic E-state index is 12.3. The van der Waals surface area contributed by atoms with Gasteiger partial charge in [0, 0.05) is 15.6 Å². The van der Waals surface area contributed by atoms with Crippen molar-refractivity contribution in [3.63, 3.8) is 0 Å². The Bertz CT molecular complexity index is 1220. The molecule has 3 aromatic rings. The van der Waals surface area contributed by atoms with E-state index in [4.69, 9.17) is 9.47 Å². The van der Waals surface area contributed by atoms with Crippen molar-refractivity contribution >= 4 is 28.1 Å². The molecule has 2 N–H and O–H groups in total. The lowest BCUT2D eigenvalue weighted by Crippen LogP contribution is -2.16. The monoisotopic (exact) mass is 479 g/mol. The summed E-state index contributed by atoms with van der Waals surface area (Å²) in [5.41, 5.74) is 3.70. The highest BCUT2D eigenvalue weighted by Gasteiger charge is 2.13. The molecule has 0 saturated heterocycles. The average Bonchev–Trinajstić information content (AvgIpc) is 2.79. The first-order chi connectivity index (χ1) is 15.1. The van der Waals surface area contributed by atoms with Crippen molar-refractivity contribution in [3.8, 4) is 28.8 Å². The third kappa shape index (κ3) is 5.18. The van der Waals surface area contributed by atoms with E-state index in [9.17, 15) is 10.1 Å². The second kappa shape index (κ2) is 10.2. The zero-order valence-corrected chi connectivity index (χ0v) is 18.1. The summed E-state index contributed by atoms with van der Waals surface area (Å²) >= 11 is 3.47. The molecule has 9 heteroatoms. The number of hydrazone groups is 1. The average molecular weight is 480 g/mol. The zero-order chi connectivity index (χ0) is 22.2. The summed E-state index contributed by atoms with van der Waals surface area (Å²) in [6.45, 7) is 3.97. The highest BCUT2D eigenvalue weighted by Crippen LogP contribution is 2.33. The first kappa shape index (κ1) is 21.8. The van der Waals surface area contributed by atoms with Crippen LogP contribution in [0.1, 0.15) is 11.1 Å². The van der Waals surface area contributed by atoms with Crippen LogP contribution in [-0.4, -0.2) is 29.9 Å². The van der Waals surface area contributed by atoms with Crippen LogP contribution in [0.25, 0.3) is 11.3 Å². The van der Waals surface area contributed by atoms with Crippen molar-refractivity contribution in [1.82, 2.24) is 9.97 Å². The first-order valence-electron chi connectivity index (χ1n) is 9.07. The third-order valence-corrected chi connectivity index (χ3v) is 4.78. The molecule has 1 aromatic heterocycles. The zero-order valence-electron chi connectivity index (χ0n) is 16.6. The summed E-state index contributed by atoms with van der Waals surface area (Å²) in [6, 6.07) is 14.4. The summed E-state index contributed by atoms with van der Waals surface area (Å²) in [5, 5.41) is 13.5. The van der Waals surface area contributed by atoms with Crippen LogP contribution in [0.2, 0.25) is 0 Å². The van der Waals surface area contributed by atoms with E-state index in [2.05, 4.69) is 43.0 Å². The predicted octanol–water partition coefficient (Wildman–Crippen LogP) is 4.09. The summed E-state index contributed by atoms with van der Waals surface area (Å²) in [4.78, 5) is 19.2. The molecule has 0 aliphatic carbocycles. The number of halogens is 1. The molecule has 0 saturated carbocycles. The van der Waals surface area contributed by atoms with Crippen LogP contribution < -0.4 is 20.5 Å². The van der Waals surface area contributed by atoms with Gasteiger partial charge in [0.2, 0.25) is 5.95 Å². The maximum absolute atomic E-state index is 12.3. The van der Waals surface area contributed by atoms with E-state index < -0.39 is 5.56 Å². The standard InChI is InChI=1S/C22H18BrN5O3/c1-3-9-31-19-11-17(23)15(10-18(19)30-2)13-25-28-22-26-20(14-7-5-4-6-8-14)16(12-24)21(29)27-22/h3-8,10-11,13H,1,9H2,2H3,(H2,26,27,28,29). The van der Waals surface area contributed by atoms with Gasteiger partial charge in [-0.15, -0.1) is 0 Å². The number of aromatic nitrogens is 2. The van der Waals surface area contributed by atoms with Gasteiger partial charge >= 0.3 is 0 Å². The van der Waals surface area contributed by atoms with Gasteiger partial charge < -0.3 is 9.47 Å². The van der Waals surface area contributed by atoms with Gasteiger partial charge in [0.25, 0.3) is 5.56 Å². The van der Waals surface area contributed by atoms with Crippen molar-refractivity contribution in [2.24, 2.45) is 5.10 Å². The van der Waals surface area contributed by atoms with Gasteiger partial charge in [-0.1, -0.05) is 43.0 Å². The van der Waals surface area contributed by atoms with E-state index in [1.54, 1.807) is 49.6 Å². The number of rotatable bonds is 8. The number of H-pyrrole nitrogens is 1. The first-order valence-corrected chi connectivity index (χ1v) is 9.86. The molecule has 0 amide bonds. The lowest BCUT2D eigenvalue weighted by Gasteiger charge is -2.11. The highest BCUT2D eigenvalue weighted by molar-refractivity contribution is 9.10. The number of nitriles is 1. The molecular formula is C22H18BrN5O3. The van der Waals surface area contributed by atoms with Crippen molar-refractivity contribution in [3.05, 3.63) is 81.1 Å². The van der Waals surface area contributed by atoms with Crippen molar-refractivity contribution in [1.29, 1.82) is 5.26 Å². The number of hydrogen-bond acceptors (Lipinski definition) is 7. The highest BCUT2D eigenvalue weighted by atomic mass is 79.9. The lowest BCUT2D eigenvalue weighted by atomic mass is 10.1. The Kier molecular flexibility index (Phi) is 7.19. The smallest absolute Gasteiger partial charge is 0.270 e. The Hall–Kier alpha value is -3.90. The topological polar surface area (TPSA) is 112 Å². The van der Waals surface area contributed by atoms with E-state index in [0.29, 0.717) is 29.2 Å². The molecule has 31 heavy (non-hydrogen) atoms. The quantitative estimate of drug-likeness (QED) is 0.285. The van der Waals surface area contributed by atoms with E-state index >= 15 is 0 Å². The Morgan fingerprint density at radius 1 is 1.32 bits per heavy atom. The minimum absolute atomic E-state index is 0.0664. The fourth-order valence-corrected chi connectivity index (χ4v) is 3.09. The van der Waals surface area contributed by atoms with Crippen LogP contribution in [0.4, 0.5) is 5.95 Å². The number of hydrogen-bond donors (Lipinski definition) is 2. The molecule has 0 atom stereocenters. The normalized spacial score (nSPS) is 10.5. The Balaban J connectivity index is 1.88.